The number of Topliss-reactive ketones (excluding diaryl/α,β-unsaturated/α-hetero) is 1. The molecule has 1 nitrogen and oxygen atoms in total. The van der Waals surface area contributed by atoms with E-state index in [0.717, 1.165) is 15.9 Å². The van der Waals surface area contributed by atoms with Crippen LogP contribution in [0.3, 0.4) is 0 Å². The maximum absolute atomic E-state index is 13.6. The van der Waals surface area contributed by atoms with E-state index in [4.69, 9.17) is 11.2 Å². The summed E-state index contributed by atoms with van der Waals surface area (Å²) in [5.41, 5.74) is -0.590. The first-order valence-corrected chi connectivity index (χ1v) is 12.5. The number of hydrogen-bond acceptors (Lipinski definition) is 1. The molecule has 0 atom stereocenters. The van der Waals surface area contributed by atoms with E-state index in [9.17, 15) is 4.79 Å². The van der Waals surface area contributed by atoms with E-state index >= 15 is 0 Å². The van der Waals surface area contributed by atoms with Crippen molar-refractivity contribution in [2.45, 2.75) is 20.8 Å². The summed E-state index contributed by atoms with van der Waals surface area (Å²) in [7, 11) is 0. The Labute approximate surface area is 172 Å². The molecule has 0 saturated heterocycles. The molecule has 0 aliphatic rings. The van der Waals surface area contributed by atoms with E-state index in [1.165, 1.54) is 0 Å². The molecule has 0 heterocycles. The number of carbonyl (C=O) groups is 1. The molecule has 0 aromatic heterocycles. The topological polar surface area (TPSA) is 17.1 Å². The molecule has 28 heavy (non-hydrogen) atoms. The molecule has 3 aromatic carbocycles. The first-order valence-electron chi connectivity index (χ1n) is 9.35. The first-order chi connectivity index (χ1) is 13.2. The normalized spacial score (nSPS) is 13.4. The molecule has 0 unspecified atom stereocenters. The molecule has 0 saturated carbocycles. The third kappa shape index (κ3) is 3.04. The average molecular weight is 409 g/mol. The van der Waals surface area contributed by atoms with Gasteiger partial charge >= 0.3 is 173 Å². The molecule has 144 valence electrons. The van der Waals surface area contributed by atoms with Crippen molar-refractivity contribution >= 4 is 38.9 Å². The minimum absolute atomic E-state index is 0.0169. The van der Waals surface area contributed by atoms with Gasteiger partial charge in [0.05, 0.1) is 0 Å². The number of carbonyl (C=O) groups excluding carboxylic acids is 1. The Kier molecular flexibility index (Phi) is 5.36. The number of benzene rings is 3. The fraction of sp³-hybridized carbons (Fsp3) is 0.160. The zero-order valence-corrected chi connectivity index (χ0v) is 18.3. The van der Waals surface area contributed by atoms with Crippen LogP contribution in [0.5, 0.6) is 0 Å². The summed E-state index contributed by atoms with van der Waals surface area (Å²) >= 11 is 7.94. The second kappa shape index (κ2) is 7.32. The number of hydrogen-bond donors (Lipinski definition) is 0. The molecule has 0 aliphatic carbocycles. The van der Waals surface area contributed by atoms with E-state index in [1.54, 1.807) is 0 Å². The van der Waals surface area contributed by atoms with Gasteiger partial charge in [0.1, 0.15) is 0 Å². The molecule has 0 bridgehead atoms. The van der Waals surface area contributed by atoms with Crippen molar-refractivity contribution in [1.82, 2.24) is 0 Å². The second-order valence-corrected chi connectivity index (χ2v) is 14.2. The molecule has 3 rings (SSSR count). The van der Waals surface area contributed by atoms with Crippen LogP contribution < -0.4 is 15.9 Å². The summed E-state index contributed by atoms with van der Waals surface area (Å²) in [6, 6.07) is 29.8. The standard InChI is InChI=1S/C25H26ClOP/c1-20(24(27)25(2,3)4)28(26,21-14-8-5-9-15-21,22-16-10-6-11-17-22)23-18-12-7-13-19-23/h5-19H,1H2,2-4H3. The Morgan fingerprint density at radius 3 is 1.25 bits per heavy atom. The molecule has 0 aliphatic heterocycles. The quantitative estimate of drug-likeness (QED) is 0.385. The minimum atomic E-state index is -3.79. The Morgan fingerprint density at radius 2 is 1.00 bits per heavy atom. The number of allylic oxidation sites excluding steroid dienone is 1. The Morgan fingerprint density at radius 1 is 0.714 bits per heavy atom. The fourth-order valence-corrected chi connectivity index (χ4v) is 9.65. The maximum atomic E-state index is 13.6. The van der Waals surface area contributed by atoms with Crippen molar-refractivity contribution < 1.29 is 4.79 Å². The average Bonchev–Trinajstić information content (AvgIpc) is 2.73. The van der Waals surface area contributed by atoms with Gasteiger partial charge in [-0.05, 0) is 0 Å². The van der Waals surface area contributed by atoms with E-state index in [1.807, 2.05) is 112 Å². The van der Waals surface area contributed by atoms with Gasteiger partial charge in [-0.3, -0.25) is 0 Å². The van der Waals surface area contributed by atoms with E-state index in [-0.39, 0.29) is 5.78 Å². The van der Waals surface area contributed by atoms with Crippen LogP contribution >= 0.6 is 17.2 Å². The van der Waals surface area contributed by atoms with Gasteiger partial charge in [-0.2, -0.15) is 0 Å². The van der Waals surface area contributed by atoms with Gasteiger partial charge in [0, 0.05) is 0 Å². The Bertz CT molecular complexity index is 890. The SMILES string of the molecule is C=C(C(=O)C(C)(C)C)P(Cl)(c1ccccc1)(c1ccccc1)c1ccccc1. The molecular weight excluding hydrogens is 383 g/mol. The van der Waals surface area contributed by atoms with Crippen molar-refractivity contribution in [3.8, 4) is 0 Å². The molecule has 0 radical (unpaired) electrons. The van der Waals surface area contributed by atoms with Crippen LogP contribution in [-0.4, -0.2) is 5.78 Å². The molecule has 0 spiro atoms. The van der Waals surface area contributed by atoms with Crippen LogP contribution in [0.4, 0.5) is 0 Å². The molecular formula is C25H26ClOP. The summed E-state index contributed by atoms with van der Waals surface area (Å²) in [6.45, 7) is 10.1. The third-order valence-corrected chi connectivity index (χ3v) is 12.6. The van der Waals surface area contributed by atoms with E-state index in [2.05, 4.69) is 6.58 Å². The third-order valence-electron chi connectivity index (χ3n) is 5.17. The summed E-state index contributed by atoms with van der Waals surface area (Å²) in [4.78, 5) is 13.6. The predicted octanol–water partition coefficient (Wildman–Crippen LogP) is 5.80. The summed E-state index contributed by atoms with van der Waals surface area (Å²) in [5, 5.41) is 3.25. The van der Waals surface area contributed by atoms with Gasteiger partial charge in [0.15, 0.2) is 0 Å². The van der Waals surface area contributed by atoms with Crippen molar-refractivity contribution in [1.29, 1.82) is 0 Å². The monoisotopic (exact) mass is 408 g/mol. The molecule has 0 fully saturated rings. The number of rotatable bonds is 5. The number of halogens is 1. The van der Waals surface area contributed by atoms with Crippen LogP contribution in [0.15, 0.2) is 103 Å². The van der Waals surface area contributed by atoms with E-state index in [0.29, 0.717) is 5.31 Å². The van der Waals surface area contributed by atoms with Gasteiger partial charge < -0.3 is 0 Å². The van der Waals surface area contributed by atoms with Gasteiger partial charge in [0.2, 0.25) is 0 Å². The molecule has 3 aromatic rings. The molecule has 0 N–H and O–H groups in total. The zero-order valence-electron chi connectivity index (χ0n) is 16.6. The van der Waals surface area contributed by atoms with E-state index < -0.39 is 11.4 Å². The van der Waals surface area contributed by atoms with Crippen molar-refractivity contribution in [3.63, 3.8) is 0 Å². The first kappa shape index (κ1) is 20.5. The summed E-state index contributed by atoms with van der Waals surface area (Å²) < 4.78 is 0. The van der Waals surface area contributed by atoms with Crippen LogP contribution in [0.25, 0.3) is 0 Å². The summed E-state index contributed by atoms with van der Waals surface area (Å²) in [5.74, 6) is -3.81. The molecule has 0 amide bonds. The predicted molar refractivity (Wildman–Crippen MR) is 125 cm³/mol. The van der Waals surface area contributed by atoms with Gasteiger partial charge in [0.25, 0.3) is 0 Å². The Hall–Kier alpha value is -2.21. The van der Waals surface area contributed by atoms with Crippen molar-refractivity contribution in [3.05, 3.63) is 103 Å². The van der Waals surface area contributed by atoms with Crippen molar-refractivity contribution in [2.75, 3.05) is 0 Å². The van der Waals surface area contributed by atoms with Crippen LogP contribution in [0.1, 0.15) is 20.8 Å². The van der Waals surface area contributed by atoms with Crippen LogP contribution in [0, 0.1) is 5.41 Å². The van der Waals surface area contributed by atoms with Gasteiger partial charge in [-0.15, -0.1) is 0 Å². The van der Waals surface area contributed by atoms with Gasteiger partial charge in [-0.1, -0.05) is 0 Å². The van der Waals surface area contributed by atoms with Crippen LogP contribution in [-0.2, 0) is 4.79 Å². The Balaban J connectivity index is 2.52. The van der Waals surface area contributed by atoms with Crippen molar-refractivity contribution in [2.24, 2.45) is 5.41 Å². The van der Waals surface area contributed by atoms with Crippen LogP contribution in [0.2, 0.25) is 0 Å². The summed E-state index contributed by atoms with van der Waals surface area (Å²) in [6.07, 6.45) is 0. The fourth-order valence-electron chi connectivity index (χ4n) is 3.66. The second-order valence-electron chi connectivity index (χ2n) is 8.04. The molecule has 3 heteroatoms. The van der Waals surface area contributed by atoms with Gasteiger partial charge in [-0.25, -0.2) is 0 Å². The number of ketones is 1. The zero-order chi connectivity index (χ0) is 20.4.